The molecule has 0 unspecified atom stereocenters. The lowest BCUT2D eigenvalue weighted by Gasteiger charge is -2.27. The molecule has 1 amide bonds. The Morgan fingerprint density at radius 2 is 1.79 bits per heavy atom. The number of methoxy groups -OCH3 is 1. The number of hydrogen-bond donors (Lipinski definition) is 0. The molecule has 0 saturated carbocycles. The van der Waals surface area contributed by atoms with E-state index in [0.29, 0.717) is 5.75 Å². The Balaban J connectivity index is 2.21. The van der Waals surface area contributed by atoms with Gasteiger partial charge in [-0.15, -0.1) is 0 Å². The third-order valence-electron chi connectivity index (χ3n) is 4.06. The molecule has 6 nitrogen and oxygen atoms in total. The lowest BCUT2D eigenvalue weighted by Crippen LogP contribution is -2.43. The molecule has 1 aromatic rings. The maximum atomic E-state index is 12.6. The molecule has 2 atom stereocenters. The average Bonchev–Trinajstić information content (AvgIpc) is 3.22. The number of carbonyl (C=O) groups is 1. The predicted octanol–water partition coefficient (Wildman–Crippen LogP) is 1.98. The number of ether oxygens (including phenoxy) is 2. The molecular formula is C17H25NO5S. The highest BCUT2D eigenvalue weighted by Crippen LogP contribution is 2.26. The zero-order valence-corrected chi connectivity index (χ0v) is 15.6. The first-order valence-electron chi connectivity index (χ1n) is 7.84. The Hall–Kier alpha value is -1.60. The van der Waals surface area contributed by atoms with E-state index in [1.807, 2.05) is 12.1 Å². The summed E-state index contributed by atoms with van der Waals surface area (Å²) in [5, 5.41) is 0. The van der Waals surface area contributed by atoms with Crippen LogP contribution in [0.25, 0.3) is 0 Å². The topological polar surface area (TPSA) is 76.2 Å². The SMILES string of the molecule is COc1ccc(CN(CS(=O)(=O)C(C)(C)C)C(=O)[C@@H]2O[C@@H]2C)cc1. The second-order valence-corrected chi connectivity index (χ2v) is 9.71. The number of epoxide rings is 1. The van der Waals surface area contributed by atoms with Crippen molar-refractivity contribution in [3.05, 3.63) is 29.8 Å². The molecule has 134 valence electrons. The third-order valence-corrected chi connectivity index (χ3v) is 6.57. The van der Waals surface area contributed by atoms with Gasteiger partial charge in [-0.2, -0.15) is 0 Å². The number of sulfone groups is 1. The summed E-state index contributed by atoms with van der Waals surface area (Å²) in [7, 11) is -1.90. The van der Waals surface area contributed by atoms with Crippen LogP contribution in [0.5, 0.6) is 5.75 Å². The third kappa shape index (κ3) is 4.27. The zero-order chi connectivity index (χ0) is 18.1. The van der Waals surface area contributed by atoms with Crippen molar-refractivity contribution in [1.29, 1.82) is 0 Å². The maximum Gasteiger partial charge on any atom is 0.255 e. The number of carbonyl (C=O) groups excluding carboxylic acids is 1. The molecule has 1 saturated heterocycles. The number of rotatable bonds is 6. The summed E-state index contributed by atoms with van der Waals surface area (Å²) in [6.45, 7) is 6.91. The van der Waals surface area contributed by atoms with E-state index < -0.39 is 20.7 Å². The molecule has 1 aromatic carbocycles. The minimum absolute atomic E-state index is 0.159. The van der Waals surface area contributed by atoms with Crippen LogP contribution in [-0.2, 0) is 25.9 Å². The van der Waals surface area contributed by atoms with E-state index in [0.717, 1.165) is 5.56 Å². The van der Waals surface area contributed by atoms with Gasteiger partial charge in [-0.1, -0.05) is 12.1 Å². The highest BCUT2D eigenvalue weighted by atomic mass is 32.2. The first kappa shape index (κ1) is 18.7. The summed E-state index contributed by atoms with van der Waals surface area (Å²) in [6.07, 6.45) is -0.702. The van der Waals surface area contributed by atoms with E-state index in [1.165, 1.54) is 4.90 Å². The van der Waals surface area contributed by atoms with Crippen LogP contribution in [0.3, 0.4) is 0 Å². The summed E-state index contributed by atoms with van der Waals surface area (Å²) in [4.78, 5) is 13.9. The van der Waals surface area contributed by atoms with E-state index >= 15 is 0 Å². The van der Waals surface area contributed by atoms with Gasteiger partial charge in [0.25, 0.3) is 5.91 Å². The molecule has 0 aromatic heterocycles. The van der Waals surface area contributed by atoms with Gasteiger partial charge in [0.2, 0.25) is 0 Å². The number of hydrogen-bond acceptors (Lipinski definition) is 5. The zero-order valence-electron chi connectivity index (χ0n) is 14.8. The van der Waals surface area contributed by atoms with Gasteiger partial charge in [-0.05, 0) is 45.4 Å². The van der Waals surface area contributed by atoms with Gasteiger partial charge in [0.1, 0.15) is 11.6 Å². The Labute approximate surface area is 143 Å². The lowest BCUT2D eigenvalue weighted by atomic mass is 10.2. The van der Waals surface area contributed by atoms with Gasteiger partial charge in [-0.3, -0.25) is 4.79 Å². The fraction of sp³-hybridized carbons (Fsp3) is 0.588. The molecule has 0 aliphatic carbocycles. The van der Waals surface area contributed by atoms with Crippen LogP contribution in [0, 0.1) is 0 Å². The van der Waals surface area contributed by atoms with Gasteiger partial charge >= 0.3 is 0 Å². The van der Waals surface area contributed by atoms with Gasteiger partial charge in [0.05, 0.1) is 18.0 Å². The average molecular weight is 355 g/mol. The van der Waals surface area contributed by atoms with E-state index in [2.05, 4.69) is 0 Å². The standard InChI is InChI=1S/C17H25NO5S/c1-12-15(23-12)16(19)18(11-24(20,21)17(2,3)4)10-13-6-8-14(22-5)9-7-13/h6-9,12,15H,10-11H2,1-5H3/t12-,15-/m1/s1. The molecule has 0 spiro atoms. The Morgan fingerprint density at radius 1 is 1.25 bits per heavy atom. The minimum atomic E-state index is -3.47. The number of amides is 1. The molecule has 1 aliphatic heterocycles. The van der Waals surface area contributed by atoms with E-state index in [1.54, 1.807) is 46.9 Å². The summed E-state index contributed by atoms with van der Waals surface area (Å²) in [6, 6.07) is 7.21. The van der Waals surface area contributed by atoms with Gasteiger partial charge in [0.15, 0.2) is 15.9 Å². The largest absolute Gasteiger partial charge is 0.497 e. The Bertz CT molecular complexity index is 691. The van der Waals surface area contributed by atoms with E-state index in [-0.39, 0.29) is 24.4 Å². The number of benzene rings is 1. The lowest BCUT2D eigenvalue weighted by molar-refractivity contribution is -0.132. The van der Waals surface area contributed by atoms with Crippen molar-refractivity contribution in [2.75, 3.05) is 13.0 Å². The van der Waals surface area contributed by atoms with Crippen LogP contribution in [0.2, 0.25) is 0 Å². The van der Waals surface area contributed by atoms with Gasteiger partial charge < -0.3 is 14.4 Å². The summed E-state index contributed by atoms with van der Waals surface area (Å²) < 4.78 is 34.5. The smallest absolute Gasteiger partial charge is 0.255 e. The van der Waals surface area contributed by atoms with Crippen molar-refractivity contribution in [1.82, 2.24) is 4.90 Å². The molecule has 0 N–H and O–H groups in total. The van der Waals surface area contributed by atoms with Crippen LogP contribution in [0.1, 0.15) is 33.3 Å². The van der Waals surface area contributed by atoms with Crippen molar-refractivity contribution >= 4 is 15.7 Å². The first-order valence-corrected chi connectivity index (χ1v) is 9.50. The number of nitrogens with zero attached hydrogens (tertiary/aromatic N) is 1. The molecule has 24 heavy (non-hydrogen) atoms. The van der Waals surface area contributed by atoms with Crippen molar-refractivity contribution < 1.29 is 22.7 Å². The normalized spacial score (nSPS) is 20.5. The molecule has 1 aliphatic rings. The van der Waals surface area contributed by atoms with Crippen LogP contribution < -0.4 is 4.74 Å². The minimum Gasteiger partial charge on any atom is -0.497 e. The summed E-state index contributed by atoms with van der Waals surface area (Å²) in [5.74, 6) is 0.0951. The highest BCUT2D eigenvalue weighted by molar-refractivity contribution is 7.92. The summed E-state index contributed by atoms with van der Waals surface area (Å²) >= 11 is 0. The van der Waals surface area contributed by atoms with Crippen molar-refractivity contribution in [2.45, 2.75) is 51.2 Å². The second-order valence-electron chi connectivity index (χ2n) is 7.00. The van der Waals surface area contributed by atoms with E-state index in [4.69, 9.17) is 9.47 Å². The van der Waals surface area contributed by atoms with Crippen LogP contribution >= 0.6 is 0 Å². The van der Waals surface area contributed by atoms with Crippen LogP contribution in [0.4, 0.5) is 0 Å². The molecular weight excluding hydrogens is 330 g/mol. The van der Waals surface area contributed by atoms with E-state index in [9.17, 15) is 13.2 Å². The Morgan fingerprint density at radius 3 is 2.21 bits per heavy atom. The molecule has 1 heterocycles. The Kier molecular flexibility index (Phi) is 5.25. The van der Waals surface area contributed by atoms with Crippen molar-refractivity contribution in [3.8, 4) is 5.75 Å². The van der Waals surface area contributed by atoms with Crippen molar-refractivity contribution in [3.63, 3.8) is 0 Å². The van der Waals surface area contributed by atoms with Crippen LogP contribution in [0.15, 0.2) is 24.3 Å². The quantitative estimate of drug-likeness (QED) is 0.729. The molecule has 2 rings (SSSR count). The second kappa shape index (κ2) is 6.72. The van der Waals surface area contributed by atoms with Gasteiger partial charge in [-0.25, -0.2) is 8.42 Å². The fourth-order valence-electron chi connectivity index (χ4n) is 2.16. The summed E-state index contributed by atoms with van der Waals surface area (Å²) in [5.41, 5.74) is 0.835. The molecule has 0 radical (unpaired) electrons. The van der Waals surface area contributed by atoms with Gasteiger partial charge in [0, 0.05) is 6.54 Å². The first-order chi connectivity index (χ1) is 11.0. The molecule has 1 fully saturated rings. The van der Waals surface area contributed by atoms with Crippen molar-refractivity contribution in [2.24, 2.45) is 0 Å². The fourth-order valence-corrected chi connectivity index (χ4v) is 3.18. The predicted molar refractivity (Wildman–Crippen MR) is 91.4 cm³/mol. The highest BCUT2D eigenvalue weighted by Gasteiger charge is 2.45. The maximum absolute atomic E-state index is 12.6. The molecule has 0 bridgehead atoms. The van der Waals surface area contributed by atoms with Crippen LogP contribution in [-0.4, -0.2) is 49.2 Å². The monoisotopic (exact) mass is 355 g/mol. The molecule has 7 heteroatoms.